The van der Waals surface area contributed by atoms with Gasteiger partial charge in [0.1, 0.15) is 5.72 Å². The highest BCUT2D eigenvalue weighted by Gasteiger charge is 2.40. The van der Waals surface area contributed by atoms with Crippen molar-refractivity contribution in [2.45, 2.75) is 25.0 Å². The van der Waals surface area contributed by atoms with E-state index in [2.05, 4.69) is 10.2 Å². The molecule has 0 atom stereocenters. The number of hydrogen-bond acceptors (Lipinski definition) is 3. The van der Waals surface area contributed by atoms with Crippen LogP contribution in [0.3, 0.4) is 0 Å². The average molecular weight is 156 g/mol. The third-order valence-electron chi connectivity index (χ3n) is 2.86. The Morgan fingerprint density at radius 1 is 1.18 bits per heavy atom. The Morgan fingerprint density at radius 2 is 1.82 bits per heavy atom. The van der Waals surface area contributed by atoms with Crippen LogP contribution in [0.4, 0.5) is 0 Å². The molecule has 11 heavy (non-hydrogen) atoms. The molecule has 2 aliphatic rings. The summed E-state index contributed by atoms with van der Waals surface area (Å²) in [7, 11) is 0. The molecule has 0 amide bonds. The fourth-order valence-electron chi connectivity index (χ4n) is 1.89. The van der Waals surface area contributed by atoms with Crippen molar-refractivity contribution in [2.24, 2.45) is 0 Å². The van der Waals surface area contributed by atoms with E-state index in [-0.39, 0.29) is 0 Å². The first-order chi connectivity index (χ1) is 5.31. The van der Waals surface area contributed by atoms with E-state index in [9.17, 15) is 5.11 Å². The van der Waals surface area contributed by atoms with E-state index in [1.807, 2.05) is 0 Å². The second-order valence-corrected chi connectivity index (χ2v) is 3.57. The van der Waals surface area contributed by atoms with Gasteiger partial charge in [0.15, 0.2) is 0 Å². The Labute approximate surface area is 67.4 Å². The maximum atomic E-state index is 9.93. The van der Waals surface area contributed by atoms with E-state index in [1.165, 1.54) is 6.42 Å². The van der Waals surface area contributed by atoms with Crippen LogP contribution in [0.2, 0.25) is 0 Å². The van der Waals surface area contributed by atoms with E-state index in [0.717, 1.165) is 39.0 Å². The Kier molecular flexibility index (Phi) is 1.87. The van der Waals surface area contributed by atoms with Crippen molar-refractivity contribution in [2.75, 3.05) is 26.2 Å². The van der Waals surface area contributed by atoms with Crippen LogP contribution in [0.5, 0.6) is 0 Å². The van der Waals surface area contributed by atoms with Crippen molar-refractivity contribution >= 4 is 0 Å². The fraction of sp³-hybridized carbons (Fsp3) is 1.00. The van der Waals surface area contributed by atoms with Gasteiger partial charge in [-0.2, -0.15) is 0 Å². The molecule has 2 rings (SSSR count). The normalized spacial score (nSPS) is 31.4. The highest BCUT2D eigenvalue weighted by molar-refractivity contribution is 4.89. The zero-order valence-corrected chi connectivity index (χ0v) is 6.84. The fourth-order valence-corrected chi connectivity index (χ4v) is 1.89. The van der Waals surface area contributed by atoms with Crippen molar-refractivity contribution in [3.8, 4) is 0 Å². The van der Waals surface area contributed by atoms with Gasteiger partial charge in [-0.1, -0.05) is 0 Å². The molecular formula is C8H16N2O. The SMILES string of the molecule is OC1(N2CCNCC2)CCC1. The number of hydrogen-bond donors (Lipinski definition) is 2. The third kappa shape index (κ3) is 1.28. The quantitative estimate of drug-likeness (QED) is 0.550. The predicted octanol–water partition coefficient (Wildman–Crippen LogP) is -0.236. The van der Waals surface area contributed by atoms with E-state index in [1.54, 1.807) is 0 Å². The summed E-state index contributed by atoms with van der Waals surface area (Å²) in [6, 6.07) is 0. The molecule has 1 saturated carbocycles. The first-order valence-corrected chi connectivity index (χ1v) is 4.49. The summed E-state index contributed by atoms with van der Waals surface area (Å²) in [5.74, 6) is 0. The molecule has 0 unspecified atom stereocenters. The van der Waals surface area contributed by atoms with Gasteiger partial charge in [0.05, 0.1) is 0 Å². The molecule has 1 saturated heterocycles. The van der Waals surface area contributed by atoms with Crippen molar-refractivity contribution in [1.29, 1.82) is 0 Å². The maximum absolute atomic E-state index is 9.93. The minimum absolute atomic E-state index is 0.415. The Hall–Kier alpha value is -0.120. The van der Waals surface area contributed by atoms with Crippen LogP contribution in [0.25, 0.3) is 0 Å². The maximum Gasteiger partial charge on any atom is 0.118 e. The Bertz CT molecular complexity index is 139. The molecule has 2 fully saturated rings. The van der Waals surface area contributed by atoms with E-state index >= 15 is 0 Å². The number of nitrogens with zero attached hydrogens (tertiary/aromatic N) is 1. The van der Waals surface area contributed by atoms with Crippen LogP contribution in [0.15, 0.2) is 0 Å². The summed E-state index contributed by atoms with van der Waals surface area (Å²) in [6.45, 7) is 4.08. The molecule has 0 bridgehead atoms. The van der Waals surface area contributed by atoms with E-state index in [4.69, 9.17) is 0 Å². The molecule has 0 aromatic carbocycles. The molecule has 0 aromatic rings. The van der Waals surface area contributed by atoms with Crippen molar-refractivity contribution in [3.05, 3.63) is 0 Å². The summed E-state index contributed by atoms with van der Waals surface area (Å²) in [6.07, 6.45) is 3.15. The average Bonchev–Trinajstić information content (AvgIpc) is 2.02. The molecule has 3 heteroatoms. The van der Waals surface area contributed by atoms with Gasteiger partial charge in [0.25, 0.3) is 0 Å². The van der Waals surface area contributed by atoms with Gasteiger partial charge in [-0.05, 0) is 19.3 Å². The molecule has 0 aromatic heterocycles. The van der Waals surface area contributed by atoms with Gasteiger partial charge in [-0.25, -0.2) is 0 Å². The second kappa shape index (κ2) is 2.73. The minimum atomic E-state index is -0.415. The largest absolute Gasteiger partial charge is 0.376 e. The van der Waals surface area contributed by atoms with Gasteiger partial charge in [-0.15, -0.1) is 0 Å². The molecule has 3 nitrogen and oxygen atoms in total. The predicted molar refractivity (Wildman–Crippen MR) is 43.2 cm³/mol. The number of aliphatic hydroxyl groups is 1. The Morgan fingerprint density at radius 3 is 2.27 bits per heavy atom. The van der Waals surface area contributed by atoms with Crippen LogP contribution in [-0.2, 0) is 0 Å². The number of piperazine rings is 1. The smallest absolute Gasteiger partial charge is 0.118 e. The minimum Gasteiger partial charge on any atom is -0.376 e. The molecule has 1 heterocycles. The standard InChI is InChI=1S/C8H16N2O/c11-8(2-1-3-8)10-6-4-9-5-7-10/h9,11H,1-7H2. The molecule has 2 N–H and O–H groups in total. The highest BCUT2D eigenvalue weighted by atomic mass is 16.3. The lowest BCUT2D eigenvalue weighted by atomic mass is 9.86. The van der Waals surface area contributed by atoms with Crippen LogP contribution in [-0.4, -0.2) is 41.9 Å². The summed E-state index contributed by atoms with van der Waals surface area (Å²) in [4.78, 5) is 2.22. The first-order valence-electron chi connectivity index (χ1n) is 4.49. The molecule has 0 spiro atoms. The summed E-state index contributed by atoms with van der Waals surface area (Å²) < 4.78 is 0. The first kappa shape index (κ1) is 7.53. The number of rotatable bonds is 1. The zero-order chi connectivity index (χ0) is 7.73. The van der Waals surface area contributed by atoms with Gasteiger partial charge in [-0.3, -0.25) is 4.90 Å². The van der Waals surface area contributed by atoms with Crippen LogP contribution in [0.1, 0.15) is 19.3 Å². The van der Waals surface area contributed by atoms with E-state index < -0.39 is 5.72 Å². The molecule has 1 aliphatic heterocycles. The summed E-state index contributed by atoms with van der Waals surface area (Å²) in [5, 5.41) is 13.2. The van der Waals surface area contributed by atoms with Crippen molar-refractivity contribution < 1.29 is 5.11 Å². The van der Waals surface area contributed by atoms with Crippen molar-refractivity contribution in [3.63, 3.8) is 0 Å². The van der Waals surface area contributed by atoms with Crippen LogP contribution in [0, 0.1) is 0 Å². The van der Waals surface area contributed by atoms with E-state index in [0.29, 0.717) is 0 Å². The lowest BCUT2D eigenvalue weighted by Crippen LogP contribution is -2.59. The summed E-state index contributed by atoms with van der Waals surface area (Å²) >= 11 is 0. The second-order valence-electron chi connectivity index (χ2n) is 3.57. The lowest BCUT2D eigenvalue weighted by molar-refractivity contribution is -0.165. The molecular weight excluding hydrogens is 140 g/mol. The van der Waals surface area contributed by atoms with Gasteiger partial charge in [0, 0.05) is 26.2 Å². The highest BCUT2D eigenvalue weighted by Crippen LogP contribution is 2.34. The van der Waals surface area contributed by atoms with Gasteiger partial charge >= 0.3 is 0 Å². The Balaban J connectivity index is 1.91. The van der Waals surface area contributed by atoms with Gasteiger partial charge in [0.2, 0.25) is 0 Å². The monoisotopic (exact) mass is 156 g/mol. The third-order valence-corrected chi connectivity index (χ3v) is 2.86. The van der Waals surface area contributed by atoms with Crippen molar-refractivity contribution in [1.82, 2.24) is 10.2 Å². The molecule has 1 aliphatic carbocycles. The molecule has 64 valence electrons. The number of nitrogens with one attached hydrogen (secondary N) is 1. The summed E-state index contributed by atoms with van der Waals surface area (Å²) in [5.41, 5.74) is -0.415. The van der Waals surface area contributed by atoms with Crippen LogP contribution >= 0.6 is 0 Å². The van der Waals surface area contributed by atoms with Gasteiger partial charge < -0.3 is 10.4 Å². The zero-order valence-electron chi connectivity index (χ0n) is 6.84. The molecule has 0 radical (unpaired) electrons. The topological polar surface area (TPSA) is 35.5 Å². The lowest BCUT2D eigenvalue weighted by Gasteiger charge is -2.47. The van der Waals surface area contributed by atoms with Crippen LogP contribution < -0.4 is 5.32 Å².